The van der Waals surface area contributed by atoms with E-state index in [9.17, 15) is 9.59 Å². The van der Waals surface area contributed by atoms with Crippen LogP contribution in [0.2, 0.25) is 0 Å². The van der Waals surface area contributed by atoms with Gasteiger partial charge < -0.3 is 14.7 Å². The molecule has 35 heavy (non-hydrogen) atoms. The number of hydrogen-bond donors (Lipinski definition) is 2. The Labute approximate surface area is 200 Å². The Kier molecular flexibility index (Phi) is 6.12. The molecule has 0 aliphatic carbocycles. The number of pyridine rings is 2. The first-order chi connectivity index (χ1) is 17.1. The molecule has 2 N–H and O–H groups in total. The smallest absolute Gasteiger partial charge is 0.274 e. The number of nitrogens with one attached hydrogen (secondary N) is 2. The molecule has 1 aliphatic heterocycles. The van der Waals surface area contributed by atoms with E-state index in [0.717, 1.165) is 18.5 Å². The van der Waals surface area contributed by atoms with Gasteiger partial charge in [-0.25, -0.2) is 4.98 Å². The number of anilines is 1. The molecule has 176 valence electrons. The van der Waals surface area contributed by atoms with Gasteiger partial charge in [-0.2, -0.15) is 10.1 Å². The van der Waals surface area contributed by atoms with Crippen molar-refractivity contribution in [1.29, 1.82) is 0 Å². The zero-order chi connectivity index (χ0) is 24.2. The minimum absolute atomic E-state index is 0.0301. The molecule has 0 bridgehead atoms. The minimum atomic E-state index is -0.362. The zero-order valence-electron chi connectivity index (χ0n) is 18.7. The molecule has 11 nitrogen and oxygen atoms in total. The average molecular weight is 470 g/mol. The van der Waals surface area contributed by atoms with Crippen molar-refractivity contribution in [2.24, 2.45) is 0 Å². The predicted octanol–water partition coefficient (Wildman–Crippen LogP) is 3.06. The second-order valence-corrected chi connectivity index (χ2v) is 8.05. The van der Waals surface area contributed by atoms with Crippen LogP contribution in [0.25, 0.3) is 22.9 Å². The third-order valence-electron chi connectivity index (χ3n) is 5.71. The van der Waals surface area contributed by atoms with E-state index in [1.165, 1.54) is 12.3 Å². The maximum absolute atomic E-state index is 12.7. The molecule has 0 unspecified atom stereocenters. The SMILES string of the molecule is C=CC(=O)N1CCC[C@H](c2nc(-c3ccc(NC(=O)c4cccc(-c5ccn[nH]5)n4)cn3)no2)C1. The molecule has 1 atom stereocenters. The standard InChI is InChI=1S/C24H22N8O3/c1-2-21(33)32-12-4-5-15(14-32)24-29-22(31-35-24)19-9-8-16(13-25-19)27-23(34)20-7-3-6-17(28-20)18-10-11-26-30-18/h2-3,6-11,13,15H,1,4-5,12,14H2,(H,26,30)(H,27,34)/t15-/m0/s1. The Hall–Kier alpha value is -4.67. The van der Waals surface area contributed by atoms with Gasteiger partial charge in [-0.15, -0.1) is 0 Å². The van der Waals surface area contributed by atoms with E-state index in [2.05, 4.69) is 42.2 Å². The lowest BCUT2D eigenvalue weighted by Gasteiger charge is -2.30. The number of carbonyl (C=O) groups is 2. The second-order valence-electron chi connectivity index (χ2n) is 8.05. The first-order valence-electron chi connectivity index (χ1n) is 11.1. The summed E-state index contributed by atoms with van der Waals surface area (Å²) in [6.45, 7) is 4.76. The lowest BCUT2D eigenvalue weighted by molar-refractivity contribution is -0.127. The van der Waals surface area contributed by atoms with Gasteiger partial charge in [0.2, 0.25) is 17.6 Å². The highest BCUT2D eigenvalue weighted by molar-refractivity contribution is 6.03. The van der Waals surface area contributed by atoms with Gasteiger partial charge in [0.15, 0.2) is 0 Å². The number of rotatable bonds is 6. The highest BCUT2D eigenvalue weighted by Crippen LogP contribution is 2.27. The Bertz CT molecular complexity index is 1350. The summed E-state index contributed by atoms with van der Waals surface area (Å²) in [6.07, 6.45) is 6.17. The van der Waals surface area contributed by atoms with Crippen LogP contribution in [0.3, 0.4) is 0 Å². The molecule has 5 heterocycles. The largest absolute Gasteiger partial charge is 0.339 e. The summed E-state index contributed by atoms with van der Waals surface area (Å²) in [5.41, 5.74) is 2.61. The van der Waals surface area contributed by atoms with Crippen molar-refractivity contribution in [2.45, 2.75) is 18.8 Å². The van der Waals surface area contributed by atoms with Crippen LogP contribution in [-0.4, -0.2) is 60.1 Å². The molecular weight excluding hydrogens is 448 g/mol. The summed E-state index contributed by atoms with van der Waals surface area (Å²) >= 11 is 0. The summed E-state index contributed by atoms with van der Waals surface area (Å²) in [4.78, 5) is 39.6. The molecule has 0 saturated carbocycles. The summed E-state index contributed by atoms with van der Waals surface area (Å²) < 4.78 is 5.46. The van der Waals surface area contributed by atoms with Crippen LogP contribution in [0.1, 0.15) is 35.1 Å². The Morgan fingerprint density at radius 2 is 2.09 bits per heavy atom. The van der Waals surface area contributed by atoms with Crippen LogP contribution < -0.4 is 5.32 Å². The van der Waals surface area contributed by atoms with Gasteiger partial charge in [-0.1, -0.05) is 17.8 Å². The summed E-state index contributed by atoms with van der Waals surface area (Å²) in [5.74, 6) is 0.330. The molecule has 1 aliphatic rings. The normalized spacial score (nSPS) is 15.5. The average Bonchev–Trinajstić information content (AvgIpc) is 3.62. The highest BCUT2D eigenvalue weighted by atomic mass is 16.5. The number of nitrogens with zero attached hydrogens (tertiary/aromatic N) is 6. The van der Waals surface area contributed by atoms with Crippen LogP contribution >= 0.6 is 0 Å². The maximum Gasteiger partial charge on any atom is 0.274 e. The quantitative estimate of drug-likeness (QED) is 0.409. The van der Waals surface area contributed by atoms with E-state index in [1.54, 1.807) is 47.5 Å². The van der Waals surface area contributed by atoms with Crippen molar-refractivity contribution >= 4 is 17.5 Å². The lowest BCUT2D eigenvalue weighted by Crippen LogP contribution is -2.38. The molecule has 0 spiro atoms. The number of piperidine rings is 1. The minimum Gasteiger partial charge on any atom is -0.339 e. The predicted molar refractivity (Wildman–Crippen MR) is 126 cm³/mol. The fourth-order valence-electron chi connectivity index (χ4n) is 3.92. The van der Waals surface area contributed by atoms with Crippen molar-refractivity contribution in [3.8, 4) is 22.9 Å². The fourth-order valence-corrected chi connectivity index (χ4v) is 3.92. The first kappa shape index (κ1) is 22.1. The van der Waals surface area contributed by atoms with Crippen LogP contribution in [0, 0.1) is 0 Å². The van der Waals surface area contributed by atoms with Crippen LogP contribution in [0.4, 0.5) is 5.69 Å². The maximum atomic E-state index is 12.7. The van der Waals surface area contributed by atoms with Gasteiger partial charge in [0.25, 0.3) is 5.91 Å². The van der Waals surface area contributed by atoms with Gasteiger partial charge in [-0.3, -0.25) is 19.7 Å². The number of aromatic nitrogens is 6. The van der Waals surface area contributed by atoms with Gasteiger partial charge in [0.05, 0.1) is 29.2 Å². The van der Waals surface area contributed by atoms with Crippen molar-refractivity contribution in [3.05, 3.63) is 73.0 Å². The Morgan fingerprint density at radius 3 is 2.86 bits per heavy atom. The number of H-pyrrole nitrogens is 1. The van der Waals surface area contributed by atoms with Crippen molar-refractivity contribution < 1.29 is 14.1 Å². The molecule has 0 radical (unpaired) electrons. The van der Waals surface area contributed by atoms with Crippen LogP contribution in [0.5, 0.6) is 0 Å². The molecule has 1 fully saturated rings. The lowest BCUT2D eigenvalue weighted by atomic mass is 9.98. The summed E-state index contributed by atoms with van der Waals surface area (Å²) in [5, 5.41) is 13.6. The van der Waals surface area contributed by atoms with E-state index in [1.807, 2.05) is 0 Å². The van der Waals surface area contributed by atoms with Crippen LogP contribution in [-0.2, 0) is 4.79 Å². The third-order valence-corrected chi connectivity index (χ3v) is 5.71. The van der Waals surface area contributed by atoms with Gasteiger partial charge >= 0.3 is 0 Å². The topological polar surface area (TPSA) is 143 Å². The number of aromatic amines is 1. The molecule has 2 amide bonds. The van der Waals surface area contributed by atoms with E-state index in [4.69, 9.17) is 4.52 Å². The number of carbonyl (C=O) groups excluding carboxylic acids is 2. The molecule has 11 heteroatoms. The van der Waals surface area contributed by atoms with Gasteiger partial charge in [-0.05, 0) is 49.2 Å². The molecular formula is C24H22N8O3. The monoisotopic (exact) mass is 470 g/mol. The second kappa shape index (κ2) is 9.67. The van der Waals surface area contributed by atoms with E-state index < -0.39 is 0 Å². The third kappa shape index (κ3) is 4.83. The van der Waals surface area contributed by atoms with Gasteiger partial charge in [0, 0.05) is 19.3 Å². The highest BCUT2D eigenvalue weighted by Gasteiger charge is 2.28. The number of amides is 2. The van der Waals surface area contributed by atoms with Crippen LogP contribution in [0.15, 0.2) is 66.0 Å². The fraction of sp³-hybridized carbons (Fsp3) is 0.208. The molecule has 0 aromatic carbocycles. The number of hydrogen-bond acceptors (Lipinski definition) is 8. The molecule has 5 rings (SSSR count). The summed E-state index contributed by atoms with van der Waals surface area (Å²) in [7, 11) is 0. The molecule has 4 aromatic heterocycles. The van der Waals surface area contributed by atoms with E-state index in [-0.39, 0.29) is 23.4 Å². The van der Waals surface area contributed by atoms with Crippen molar-refractivity contribution in [2.75, 3.05) is 18.4 Å². The molecule has 1 saturated heterocycles. The molecule has 4 aromatic rings. The van der Waals surface area contributed by atoms with Gasteiger partial charge in [0.1, 0.15) is 11.4 Å². The van der Waals surface area contributed by atoms with E-state index >= 15 is 0 Å². The summed E-state index contributed by atoms with van der Waals surface area (Å²) in [6, 6.07) is 10.4. The Morgan fingerprint density at radius 1 is 1.17 bits per heavy atom. The van der Waals surface area contributed by atoms with Crippen molar-refractivity contribution in [1.82, 2.24) is 35.2 Å². The Balaban J connectivity index is 1.25. The van der Waals surface area contributed by atoms with Crippen molar-refractivity contribution in [3.63, 3.8) is 0 Å². The number of likely N-dealkylation sites (tertiary alicyclic amines) is 1. The zero-order valence-corrected chi connectivity index (χ0v) is 18.7. The first-order valence-corrected chi connectivity index (χ1v) is 11.1. The van der Waals surface area contributed by atoms with E-state index in [0.29, 0.717) is 41.9 Å².